The van der Waals surface area contributed by atoms with Gasteiger partial charge in [-0.25, -0.2) is 9.78 Å². The molecule has 0 bridgehead atoms. The molecule has 26 heavy (non-hydrogen) atoms. The van der Waals surface area contributed by atoms with E-state index in [1.165, 1.54) is 0 Å². The van der Waals surface area contributed by atoms with Crippen molar-refractivity contribution in [3.63, 3.8) is 0 Å². The third-order valence-electron chi connectivity index (χ3n) is 3.95. The molecule has 1 rings (SSSR count). The third kappa shape index (κ3) is 6.81. The van der Waals surface area contributed by atoms with Crippen LogP contribution in [-0.2, 0) is 27.3 Å². The summed E-state index contributed by atoms with van der Waals surface area (Å²) in [5.74, 6) is -2.20. The minimum atomic E-state index is -1.13. The van der Waals surface area contributed by atoms with Crippen LogP contribution < -0.4 is 22.1 Å². The molecule has 0 saturated heterocycles. The average molecular weight is 368 g/mol. The van der Waals surface area contributed by atoms with Crippen LogP contribution in [0.2, 0.25) is 0 Å². The Morgan fingerprint density at radius 3 is 2.54 bits per heavy atom. The number of nitrogens with two attached hydrogens (primary N) is 2. The van der Waals surface area contributed by atoms with Crippen molar-refractivity contribution >= 4 is 17.8 Å². The average Bonchev–Trinajstić information content (AvgIpc) is 3.07. The number of amides is 2. The highest BCUT2D eigenvalue weighted by Crippen LogP contribution is 2.06. The number of carboxylic acid groups (broad SMARTS) is 1. The van der Waals surface area contributed by atoms with Crippen molar-refractivity contribution < 1.29 is 19.5 Å². The number of hydrogen-bond acceptors (Lipinski definition) is 6. The van der Waals surface area contributed by atoms with Crippen LogP contribution in [0.25, 0.3) is 0 Å². The highest BCUT2D eigenvalue weighted by Gasteiger charge is 2.27. The van der Waals surface area contributed by atoms with E-state index >= 15 is 0 Å². The molecule has 0 aromatic carbocycles. The second-order valence-corrected chi connectivity index (χ2v) is 5.88. The third-order valence-corrected chi connectivity index (χ3v) is 3.95. The normalized spacial score (nSPS) is 13.0. The number of nitrogens with one attached hydrogen (secondary N) is 2. The SMILES string of the molecule is CCn1cncc1C[C@H](NC(=O)CN)C(=O)N[C@@H](CCCCN)C(=O)O. The molecule has 0 aliphatic rings. The van der Waals surface area contributed by atoms with Crippen LogP contribution in [-0.4, -0.2) is 57.6 Å². The summed E-state index contributed by atoms with van der Waals surface area (Å²) >= 11 is 0. The minimum Gasteiger partial charge on any atom is -0.480 e. The molecule has 0 radical (unpaired) electrons. The van der Waals surface area contributed by atoms with Gasteiger partial charge >= 0.3 is 5.97 Å². The first kappa shape index (κ1) is 21.6. The van der Waals surface area contributed by atoms with Gasteiger partial charge in [-0.05, 0) is 32.7 Å². The predicted molar refractivity (Wildman–Crippen MR) is 95.1 cm³/mol. The van der Waals surface area contributed by atoms with Crippen LogP contribution >= 0.6 is 0 Å². The van der Waals surface area contributed by atoms with E-state index in [0.717, 1.165) is 5.69 Å². The highest BCUT2D eigenvalue weighted by atomic mass is 16.4. The van der Waals surface area contributed by atoms with Gasteiger partial charge in [0.05, 0.1) is 12.9 Å². The molecule has 7 N–H and O–H groups in total. The minimum absolute atomic E-state index is 0.181. The van der Waals surface area contributed by atoms with Crippen molar-refractivity contribution in [3.05, 3.63) is 18.2 Å². The Labute approximate surface area is 152 Å². The van der Waals surface area contributed by atoms with Crippen LogP contribution in [0, 0.1) is 0 Å². The molecule has 1 aromatic rings. The molecular weight excluding hydrogens is 340 g/mol. The highest BCUT2D eigenvalue weighted by molar-refractivity contribution is 5.90. The van der Waals surface area contributed by atoms with Crippen molar-refractivity contribution in [1.82, 2.24) is 20.2 Å². The van der Waals surface area contributed by atoms with Crippen molar-refractivity contribution in [3.8, 4) is 0 Å². The Morgan fingerprint density at radius 2 is 1.96 bits per heavy atom. The summed E-state index contributed by atoms with van der Waals surface area (Å²) in [6.45, 7) is 2.77. The Balaban J connectivity index is 2.84. The van der Waals surface area contributed by atoms with Gasteiger partial charge in [-0.2, -0.15) is 0 Å². The van der Waals surface area contributed by atoms with Gasteiger partial charge in [-0.1, -0.05) is 0 Å². The number of unbranched alkanes of at least 4 members (excludes halogenated alkanes) is 1. The molecule has 0 aliphatic carbocycles. The quantitative estimate of drug-likeness (QED) is 0.283. The second kappa shape index (κ2) is 11.2. The van der Waals surface area contributed by atoms with E-state index in [4.69, 9.17) is 11.5 Å². The molecule has 1 heterocycles. The van der Waals surface area contributed by atoms with Gasteiger partial charge in [-0.15, -0.1) is 0 Å². The molecule has 0 saturated carbocycles. The number of aromatic nitrogens is 2. The summed E-state index contributed by atoms with van der Waals surface area (Å²) in [5.41, 5.74) is 11.5. The zero-order valence-corrected chi connectivity index (χ0v) is 15.0. The summed E-state index contributed by atoms with van der Waals surface area (Å²) in [6, 6.07) is -1.98. The van der Waals surface area contributed by atoms with E-state index < -0.39 is 29.9 Å². The fourth-order valence-electron chi connectivity index (χ4n) is 2.50. The lowest BCUT2D eigenvalue weighted by molar-refractivity contribution is -0.142. The second-order valence-electron chi connectivity index (χ2n) is 5.88. The zero-order valence-electron chi connectivity index (χ0n) is 15.0. The molecule has 0 aliphatic heterocycles. The van der Waals surface area contributed by atoms with E-state index in [1.807, 2.05) is 11.5 Å². The number of carbonyl (C=O) groups is 3. The summed E-state index contributed by atoms with van der Waals surface area (Å²) in [4.78, 5) is 39.7. The largest absolute Gasteiger partial charge is 0.480 e. The first-order chi connectivity index (χ1) is 12.4. The fourth-order valence-corrected chi connectivity index (χ4v) is 2.50. The van der Waals surface area contributed by atoms with Gasteiger partial charge < -0.3 is 31.8 Å². The van der Waals surface area contributed by atoms with Gasteiger partial charge in [0.1, 0.15) is 12.1 Å². The lowest BCUT2D eigenvalue weighted by Gasteiger charge is -2.21. The van der Waals surface area contributed by atoms with E-state index in [1.54, 1.807) is 12.5 Å². The Hall–Kier alpha value is -2.46. The van der Waals surface area contributed by atoms with Gasteiger partial charge in [0.25, 0.3) is 0 Å². The smallest absolute Gasteiger partial charge is 0.326 e. The van der Waals surface area contributed by atoms with Gasteiger partial charge in [0, 0.05) is 24.9 Å². The molecule has 10 heteroatoms. The Kier molecular flexibility index (Phi) is 9.31. The van der Waals surface area contributed by atoms with Crippen molar-refractivity contribution in [2.75, 3.05) is 13.1 Å². The van der Waals surface area contributed by atoms with E-state index in [9.17, 15) is 19.5 Å². The molecule has 1 aromatic heterocycles. The van der Waals surface area contributed by atoms with Gasteiger partial charge in [0.2, 0.25) is 11.8 Å². The standard InChI is InChI=1S/C16H28N6O4/c1-2-22-10-19-9-11(22)7-13(20-14(23)8-18)15(24)21-12(16(25)26)5-3-4-6-17/h9-10,12-13H,2-8,17-18H2,1H3,(H,20,23)(H,21,24)(H,25,26)/t12-,13-/m0/s1. The lowest BCUT2D eigenvalue weighted by atomic mass is 10.1. The van der Waals surface area contributed by atoms with Crippen LogP contribution in [0.4, 0.5) is 0 Å². The van der Waals surface area contributed by atoms with E-state index in [0.29, 0.717) is 25.9 Å². The lowest BCUT2D eigenvalue weighted by Crippen LogP contribution is -2.53. The predicted octanol–water partition coefficient (Wildman–Crippen LogP) is -1.41. The summed E-state index contributed by atoms with van der Waals surface area (Å²) < 4.78 is 1.84. The molecule has 10 nitrogen and oxygen atoms in total. The maximum absolute atomic E-state index is 12.6. The number of imidazole rings is 1. The summed E-state index contributed by atoms with van der Waals surface area (Å²) in [5, 5.41) is 14.3. The van der Waals surface area contributed by atoms with Crippen molar-refractivity contribution in [2.24, 2.45) is 11.5 Å². The molecule has 2 amide bonds. The Morgan fingerprint density at radius 1 is 1.23 bits per heavy atom. The number of carboxylic acids is 1. The van der Waals surface area contributed by atoms with Crippen LogP contribution in [0.1, 0.15) is 31.9 Å². The first-order valence-corrected chi connectivity index (χ1v) is 8.64. The Bertz CT molecular complexity index is 603. The topological polar surface area (TPSA) is 165 Å². The number of hydrogen-bond donors (Lipinski definition) is 5. The molecule has 0 spiro atoms. The number of nitrogens with zero attached hydrogens (tertiary/aromatic N) is 2. The number of aryl methyl sites for hydroxylation is 1. The van der Waals surface area contributed by atoms with Crippen molar-refractivity contribution in [2.45, 2.75) is 51.2 Å². The summed E-state index contributed by atoms with van der Waals surface area (Å²) in [6.07, 6.45) is 4.93. The van der Waals surface area contributed by atoms with Crippen LogP contribution in [0.15, 0.2) is 12.5 Å². The van der Waals surface area contributed by atoms with Gasteiger partial charge in [0.15, 0.2) is 0 Å². The fraction of sp³-hybridized carbons (Fsp3) is 0.625. The molecule has 2 atom stereocenters. The number of carbonyl (C=O) groups excluding carboxylic acids is 2. The number of aliphatic carboxylic acids is 1. The maximum Gasteiger partial charge on any atom is 0.326 e. The molecule has 0 fully saturated rings. The molecule has 0 unspecified atom stereocenters. The molecular formula is C16H28N6O4. The van der Waals surface area contributed by atoms with Crippen LogP contribution in [0.5, 0.6) is 0 Å². The van der Waals surface area contributed by atoms with Gasteiger partial charge in [-0.3, -0.25) is 9.59 Å². The van der Waals surface area contributed by atoms with E-state index in [-0.39, 0.29) is 19.4 Å². The zero-order chi connectivity index (χ0) is 19.5. The maximum atomic E-state index is 12.6. The number of rotatable bonds is 12. The first-order valence-electron chi connectivity index (χ1n) is 8.64. The monoisotopic (exact) mass is 368 g/mol. The summed E-state index contributed by atoms with van der Waals surface area (Å²) in [7, 11) is 0. The molecule has 146 valence electrons. The van der Waals surface area contributed by atoms with E-state index in [2.05, 4.69) is 15.6 Å². The van der Waals surface area contributed by atoms with Crippen molar-refractivity contribution in [1.29, 1.82) is 0 Å². The van der Waals surface area contributed by atoms with Crippen LogP contribution in [0.3, 0.4) is 0 Å².